The number of carbonyl (C=O) groups is 1. The highest BCUT2D eigenvalue weighted by Crippen LogP contribution is 2.25. The monoisotopic (exact) mass is 244 g/mol. The molecule has 4 heteroatoms. The minimum absolute atomic E-state index is 0.0700. The van der Waals surface area contributed by atoms with Gasteiger partial charge in [-0.2, -0.15) is 0 Å². The molecule has 2 rings (SSSR count). The highest BCUT2D eigenvalue weighted by molar-refractivity contribution is 5.91. The van der Waals surface area contributed by atoms with Gasteiger partial charge in [0.15, 0.2) is 11.5 Å². The van der Waals surface area contributed by atoms with Crippen molar-refractivity contribution in [1.29, 1.82) is 0 Å². The molecule has 0 heterocycles. The van der Waals surface area contributed by atoms with E-state index in [1.807, 2.05) is 0 Å². The number of phenolic OH excluding ortho intramolecular Hbond substituents is 1. The number of benzene rings is 2. The lowest BCUT2D eigenvalue weighted by atomic mass is 10.2. The fourth-order valence-corrected chi connectivity index (χ4v) is 1.43. The van der Waals surface area contributed by atoms with Crippen LogP contribution in [0.1, 0.15) is 10.4 Å². The van der Waals surface area contributed by atoms with E-state index in [4.69, 9.17) is 9.47 Å². The van der Waals surface area contributed by atoms with E-state index in [0.717, 1.165) is 0 Å². The molecule has 4 nitrogen and oxygen atoms in total. The van der Waals surface area contributed by atoms with Gasteiger partial charge in [0.05, 0.1) is 12.7 Å². The van der Waals surface area contributed by atoms with Crippen LogP contribution < -0.4 is 9.47 Å². The largest absolute Gasteiger partial charge is 0.504 e. The van der Waals surface area contributed by atoms with Gasteiger partial charge in [-0.05, 0) is 36.4 Å². The van der Waals surface area contributed by atoms with E-state index in [1.165, 1.54) is 12.1 Å². The average Bonchev–Trinajstić information content (AvgIpc) is 2.41. The second-order valence-corrected chi connectivity index (χ2v) is 3.59. The number of para-hydroxylation sites is 2. The fraction of sp³-hybridized carbons (Fsp3) is 0.0714. The summed E-state index contributed by atoms with van der Waals surface area (Å²) < 4.78 is 10.1. The van der Waals surface area contributed by atoms with Crippen molar-refractivity contribution in [2.45, 2.75) is 0 Å². The Morgan fingerprint density at radius 1 is 1.06 bits per heavy atom. The number of aromatic hydroxyl groups is 1. The third-order valence-corrected chi connectivity index (χ3v) is 2.39. The highest BCUT2D eigenvalue weighted by Gasteiger charge is 2.10. The molecule has 0 radical (unpaired) electrons. The van der Waals surface area contributed by atoms with Crippen LogP contribution in [0.4, 0.5) is 0 Å². The summed E-state index contributed by atoms with van der Waals surface area (Å²) in [5.41, 5.74) is 0.388. The van der Waals surface area contributed by atoms with Gasteiger partial charge < -0.3 is 14.6 Å². The predicted octanol–water partition coefficient (Wildman–Crippen LogP) is 2.62. The first-order valence-corrected chi connectivity index (χ1v) is 5.35. The Morgan fingerprint density at radius 3 is 2.33 bits per heavy atom. The molecule has 18 heavy (non-hydrogen) atoms. The van der Waals surface area contributed by atoms with Crippen LogP contribution in [-0.2, 0) is 0 Å². The second-order valence-electron chi connectivity index (χ2n) is 3.59. The van der Waals surface area contributed by atoms with Gasteiger partial charge in [0.2, 0.25) is 0 Å². The van der Waals surface area contributed by atoms with Gasteiger partial charge in [-0.25, -0.2) is 4.79 Å². The van der Waals surface area contributed by atoms with E-state index in [9.17, 15) is 9.90 Å². The Morgan fingerprint density at radius 2 is 1.72 bits per heavy atom. The Balaban J connectivity index is 2.14. The number of hydrogen-bond donors (Lipinski definition) is 1. The minimum Gasteiger partial charge on any atom is -0.504 e. The van der Waals surface area contributed by atoms with Crippen molar-refractivity contribution < 1.29 is 19.4 Å². The van der Waals surface area contributed by atoms with Gasteiger partial charge in [0.25, 0.3) is 0 Å². The molecule has 1 N–H and O–H groups in total. The maximum Gasteiger partial charge on any atom is 0.343 e. The van der Waals surface area contributed by atoms with Crippen LogP contribution in [0.2, 0.25) is 0 Å². The molecule has 92 valence electrons. The van der Waals surface area contributed by atoms with Crippen molar-refractivity contribution in [3.05, 3.63) is 54.1 Å². The van der Waals surface area contributed by atoms with Gasteiger partial charge in [0.1, 0.15) is 5.75 Å². The number of methoxy groups -OCH3 is 1. The normalized spacial score (nSPS) is 9.83. The molecule has 0 aliphatic rings. The van der Waals surface area contributed by atoms with E-state index in [-0.39, 0.29) is 11.5 Å². The van der Waals surface area contributed by atoms with E-state index in [1.54, 1.807) is 43.5 Å². The Labute approximate surface area is 104 Å². The number of ether oxygens (including phenoxy) is 2. The number of phenols is 1. The standard InChI is InChI=1S/C14H12O4/c1-17-11-8-6-10(7-9-11)14(16)18-13-5-3-2-4-12(13)15/h2-9,15H,1H3. The number of hydrogen-bond acceptors (Lipinski definition) is 4. The summed E-state index contributed by atoms with van der Waals surface area (Å²) in [6, 6.07) is 12.8. The molecule has 2 aromatic carbocycles. The number of esters is 1. The van der Waals surface area contributed by atoms with Crippen molar-refractivity contribution in [1.82, 2.24) is 0 Å². The zero-order valence-electron chi connectivity index (χ0n) is 9.79. The van der Waals surface area contributed by atoms with Crippen LogP contribution in [0.15, 0.2) is 48.5 Å². The predicted molar refractivity (Wildman–Crippen MR) is 66.1 cm³/mol. The SMILES string of the molecule is COc1ccc(C(=O)Oc2ccccc2O)cc1. The first-order valence-electron chi connectivity index (χ1n) is 5.35. The molecule has 0 saturated heterocycles. The molecule has 0 amide bonds. The van der Waals surface area contributed by atoms with Crippen LogP contribution in [0.25, 0.3) is 0 Å². The first kappa shape index (κ1) is 12.0. The van der Waals surface area contributed by atoms with Gasteiger partial charge in [-0.3, -0.25) is 0 Å². The molecule has 0 aliphatic heterocycles. The molecule has 0 saturated carbocycles. The van der Waals surface area contributed by atoms with Crippen LogP contribution >= 0.6 is 0 Å². The molecule has 0 bridgehead atoms. The lowest BCUT2D eigenvalue weighted by Crippen LogP contribution is -2.08. The zero-order chi connectivity index (χ0) is 13.0. The second kappa shape index (κ2) is 5.23. The third-order valence-electron chi connectivity index (χ3n) is 2.39. The van der Waals surface area contributed by atoms with E-state index >= 15 is 0 Å². The van der Waals surface area contributed by atoms with Gasteiger partial charge in [-0.1, -0.05) is 12.1 Å². The maximum atomic E-state index is 11.8. The summed E-state index contributed by atoms with van der Waals surface area (Å²) in [7, 11) is 1.55. The summed E-state index contributed by atoms with van der Waals surface area (Å²) in [6.45, 7) is 0. The van der Waals surface area contributed by atoms with Gasteiger partial charge in [0, 0.05) is 0 Å². The molecular formula is C14H12O4. The van der Waals surface area contributed by atoms with Gasteiger partial charge in [-0.15, -0.1) is 0 Å². The van der Waals surface area contributed by atoms with Crippen LogP contribution in [0.3, 0.4) is 0 Å². The maximum absolute atomic E-state index is 11.8. The average molecular weight is 244 g/mol. The number of rotatable bonds is 3. The van der Waals surface area contributed by atoms with Crippen molar-refractivity contribution in [3.8, 4) is 17.2 Å². The number of carbonyl (C=O) groups excluding carboxylic acids is 1. The highest BCUT2D eigenvalue weighted by atomic mass is 16.5. The third kappa shape index (κ3) is 2.60. The summed E-state index contributed by atoms with van der Waals surface area (Å²) in [4.78, 5) is 11.8. The fourth-order valence-electron chi connectivity index (χ4n) is 1.43. The minimum atomic E-state index is -0.529. The smallest absolute Gasteiger partial charge is 0.343 e. The molecular weight excluding hydrogens is 232 g/mol. The van der Waals surface area contributed by atoms with Crippen molar-refractivity contribution in [2.24, 2.45) is 0 Å². The summed E-state index contributed by atoms with van der Waals surface area (Å²) in [5, 5.41) is 9.49. The van der Waals surface area contributed by atoms with Crippen LogP contribution in [-0.4, -0.2) is 18.2 Å². The Kier molecular flexibility index (Phi) is 3.48. The summed E-state index contributed by atoms with van der Waals surface area (Å²) >= 11 is 0. The lowest BCUT2D eigenvalue weighted by Gasteiger charge is -2.06. The van der Waals surface area contributed by atoms with E-state index < -0.39 is 5.97 Å². The van der Waals surface area contributed by atoms with Crippen molar-refractivity contribution in [3.63, 3.8) is 0 Å². The first-order chi connectivity index (χ1) is 8.70. The molecule has 0 aromatic heterocycles. The summed E-state index contributed by atoms with van der Waals surface area (Å²) in [5.74, 6) is 0.200. The molecule has 0 aliphatic carbocycles. The lowest BCUT2D eigenvalue weighted by molar-refractivity contribution is 0.0729. The van der Waals surface area contributed by atoms with Crippen LogP contribution in [0.5, 0.6) is 17.2 Å². The van der Waals surface area contributed by atoms with E-state index in [0.29, 0.717) is 11.3 Å². The Bertz CT molecular complexity index is 546. The molecule has 0 spiro atoms. The zero-order valence-corrected chi connectivity index (χ0v) is 9.79. The van der Waals surface area contributed by atoms with E-state index in [2.05, 4.69) is 0 Å². The van der Waals surface area contributed by atoms with Gasteiger partial charge >= 0.3 is 5.97 Å². The van der Waals surface area contributed by atoms with Crippen LogP contribution in [0, 0.1) is 0 Å². The molecule has 0 atom stereocenters. The topological polar surface area (TPSA) is 55.8 Å². The molecule has 2 aromatic rings. The molecule has 0 unspecified atom stereocenters. The summed E-state index contributed by atoms with van der Waals surface area (Å²) in [6.07, 6.45) is 0. The Hall–Kier alpha value is -2.49. The molecule has 0 fully saturated rings. The quantitative estimate of drug-likeness (QED) is 0.666. The van der Waals surface area contributed by atoms with Crippen molar-refractivity contribution in [2.75, 3.05) is 7.11 Å². The van der Waals surface area contributed by atoms with Crippen molar-refractivity contribution >= 4 is 5.97 Å².